The zero-order valence-electron chi connectivity index (χ0n) is 16.7. The van der Waals surface area contributed by atoms with E-state index in [1.807, 2.05) is 6.92 Å². The van der Waals surface area contributed by atoms with E-state index in [1.54, 1.807) is 24.3 Å². The number of hydrogen-bond donors (Lipinski definition) is 2. The average Bonchev–Trinajstić information content (AvgIpc) is 2.70. The summed E-state index contributed by atoms with van der Waals surface area (Å²) < 4.78 is 40.6. The first-order chi connectivity index (χ1) is 14.3. The van der Waals surface area contributed by atoms with Gasteiger partial charge in [-0.05, 0) is 49.4 Å². The van der Waals surface area contributed by atoms with Crippen molar-refractivity contribution in [2.45, 2.75) is 6.92 Å². The second-order valence-corrected chi connectivity index (χ2v) is 7.88. The second-order valence-electron chi connectivity index (χ2n) is 6.13. The van der Waals surface area contributed by atoms with E-state index < -0.39 is 28.5 Å². The van der Waals surface area contributed by atoms with Crippen molar-refractivity contribution in [1.29, 1.82) is 0 Å². The van der Waals surface area contributed by atoms with E-state index in [9.17, 15) is 18.0 Å². The van der Waals surface area contributed by atoms with Gasteiger partial charge >= 0.3 is 5.97 Å². The van der Waals surface area contributed by atoms with Gasteiger partial charge in [0, 0.05) is 5.69 Å². The van der Waals surface area contributed by atoms with Crippen molar-refractivity contribution in [3.63, 3.8) is 0 Å². The van der Waals surface area contributed by atoms with Gasteiger partial charge in [-0.2, -0.15) is 0 Å². The van der Waals surface area contributed by atoms with Gasteiger partial charge < -0.3 is 19.5 Å². The third-order valence-electron chi connectivity index (χ3n) is 3.56. The highest BCUT2D eigenvalue weighted by molar-refractivity contribution is 7.92. The Labute approximate surface area is 175 Å². The molecular formula is C20H24N2O7S. The van der Waals surface area contributed by atoms with Crippen molar-refractivity contribution >= 4 is 27.6 Å². The van der Waals surface area contributed by atoms with Crippen LogP contribution in [0.25, 0.3) is 0 Å². The van der Waals surface area contributed by atoms with E-state index in [2.05, 4.69) is 10.0 Å². The van der Waals surface area contributed by atoms with Crippen LogP contribution in [0, 0.1) is 0 Å². The van der Waals surface area contributed by atoms with Gasteiger partial charge in [0.05, 0.1) is 25.0 Å². The van der Waals surface area contributed by atoms with E-state index >= 15 is 0 Å². The molecule has 0 unspecified atom stereocenters. The van der Waals surface area contributed by atoms with Crippen LogP contribution in [0.4, 0.5) is 5.69 Å². The van der Waals surface area contributed by atoms with E-state index in [4.69, 9.17) is 14.2 Å². The average molecular weight is 436 g/mol. The summed E-state index contributed by atoms with van der Waals surface area (Å²) in [5, 5.41) is 2.58. The summed E-state index contributed by atoms with van der Waals surface area (Å²) in [6.45, 7) is 2.49. The first-order valence-electron chi connectivity index (χ1n) is 9.14. The molecule has 162 valence electrons. The molecule has 30 heavy (non-hydrogen) atoms. The molecule has 2 aromatic carbocycles. The highest BCUT2D eigenvalue weighted by atomic mass is 32.2. The van der Waals surface area contributed by atoms with Gasteiger partial charge in [0.1, 0.15) is 18.1 Å². The highest BCUT2D eigenvalue weighted by Crippen LogP contribution is 2.17. The van der Waals surface area contributed by atoms with Crippen LogP contribution >= 0.6 is 0 Å². The van der Waals surface area contributed by atoms with Crippen molar-refractivity contribution < 1.29 is 32.2 Å². The molecule has 0 bridgehead atoms. The molecule has 0 aliphatic heterocycles. The van der Waals surface area contributed by atoms with E-state index in [1.165, 1.54) is 24.3 Å². The minimum Gasteiger partial charge on any atom is -0.494 e. The lowest BCUT2D eigenvalue weighted by Gasteiger charge is -2.10. The molecule has 9 nitrogen and oxygen atoms in total. The van der Waals surface area contributed by atoms with Gasteiger partial charge in [-0.3, -0.25) is 9.52 Å². The first-order valence-corrected chi connectivity index (χ1v) is 11.0. The van der Waals surface area contributed by atoms with E-state index in [0.29, 0.717) is 12.4 Å². The standard InChI is InChI=1S/C20H24N2O7S/c1-3-27-17-7-9-18(10-8-17)28-12-11-21-19(23)14-29-20(24)15-5-4-6-16(13-15)22-30(2,25)26/h4-10,13,22H,3,11-12,14H2,1-2H3,(H,21,23). The molecule has 2 N–H and O–H groups in total. The predicted octanol–water partition coefficient (Wildman–Crippen LogP) is 1.81. The number of carbonyl (C=O) groups is 2. The van der Waals surface area contributed by atoms with Crippen LogP contribution in [-0.2, 0) is 19.6 Å². The van der Waals surface area contributed by atoms with Gasteiger partial charge in [0.15, 0.2) is 6.61 Å². The zero-order valence-corrected chi connectivity index (χ0v) is 17.5. The summed E-state index contributed by atoms with van der Waals surface area (Å²) in [6.07, 6.45) is 1.00. The molecule has 10 heteroatoms. The molecule has 0 saturated carbocycles. The highest BCUT2D eigenvalue weighted by Gasteiger charge is 2.12. The number of benzene rings is 2. The summed E-state index contributed by atoms with van der Waals surface area (Å²) in [6, 6.07) is 12.9. The Morgan fingerprint density at radius 2 is 1.67 bits per heavy atom. The fraction of sp³-hybridized carbons (Fsp3) is 0.300. The minimum atomic E-state index is -3.47. The third-order valence-corrected chi connectivity index (χ3v) is 4.17. The van der Waals surface area contributed by atoms with Crippen molar-refractivity contribution in [3.05, 3.63) is 54.1 Å². The second kappa shape index (κ2) is 11.1. The van der Waals surface area contributed by atoms with Crippen LogP contribution in [0.2, 0.25) is 0 Å². The maximum Gasteiger partial charge on any atom is 0.338 e. The summed E-state index contributed by atoms with van der Waals surface area (Å²) in [5.74, 6) is 0.163. The molecule has 2 aromatic rings. The van der Waals surface area contributed by atoms with Crippen LogP contribution in [-0.4, -0.2) is 52.9 Å². The largest absolute Gasteiger partial charge is 0.494 e. The van der Waals surface area contributed by atoms with Gasteiger partial charge in [-0.1, -0.05) is 6.07 Å². The topological polar surface area (TPSA) is 120 Å². The number of esters is 1. The minimum absolute atomic E-state index is 0.121. The maximum absolute atomic E-state index is 12.0. The number of hydrogen-bond acceptors (Lipinski definition) is 7. The third kappa shape index (κ3) is 8.39. The summed E-state index contributed by atoms with van der Waals surface area (Å²) in [7, 11) is -3.47. The number of sulfonamides is 1. The van der Waals surface area contributed by atoms with Gasteiger partial charge in [-0.25, -0.2) is 13.2 Å². The number of nitrogens with one attached hydrogen (secondary N) is 2. The van der Waals surface area contributed by atoms with Crippen LogP contribution in [0.1, 0.15) is 17.3 Å². The summed E-state index contributed by atoms with van der Waals surface area (Å²) >= 11 is 0. The SMILES string of the molecule is CCOc1ccc(OCCNC(=O)COC(=O)c2cccc(NS(C)(=O)=O)c2)cc1. The summed E-state index contributed by atoms with van der Waals surface area (Å²) in [4.78, 5) is 23.9. The molecule has 0 aromatic heterocycles. The quantitative estimate of drug-likeness (QED) is 0.407. The van der Waals surface area contributed by atoms with Crippen LogP contribution in [0.3, 0.4) is 0 Å². The van der Waals surface area contributed by atoms with Crippen LogP contribution in [0.5, 0.6) is 11.5 Å². The molecule has 0 saturated heterocycles. The number of amides is 1. The van der Waals surface area contributed by atoms with Crippen LogP contribution < -0.4 is 19.5 Å². The molecule has 0 fully saturated rings. The number of carbonyl (C=O) groups excluding carboxylic acids is 2. The maximum atomic E-state index is 12.0. The Kier molecular flexibility index (Phi) is 8.48. The molecule has 2 rings (SSSR count). The Morgan fingerprint density at radius 1 is 1.00 bits per heavy atom. The fourth-order valence-electron chi connectivity index (χ4n) is 2.35. The van der Waals surface area contributed by atoms with Gasteiger partial charge in [0.2, 0.25) is 10.0 Å². The fourth-order valence-corrected chi connectivity index (χ4v) is 2.90. The smallest absolute Gasteiger partial charge is 0.338 e. The number of anilines is 1. The molecule has 0 atom stereocenters. The predicted molar refractivity (Wildman–Crippen MR) is 111 cm³/mol. The van der Waals surface area contributed by atoms with Gasteiger partial charge in [0.25, 0.3) is 5.91 Å². The number of ether oxygens (including phenoxy) is 3. The molecule has 0 aliphatic carbocycles. The van der Waals surface area contributed by atoms with Crippen molar-refractivity contribution in [1.82, 2.24) is 5.32 Å². The molecule has 1 amide bonds. The lowest BCUT2D eigenvalue weighted by molar-refractivity contribution is -0.124. The first kappa shape index (κ1) is 23.0. The Bertz CT molecular complexity index is 959. The normalized spacial score (nSPS) is 10.7. The monoisotopic (exact) mass is 436 g/mol. The Hall–Kier alpha value is -3.27. The van der Waals surface area contributed by atoms with Crippen molar-refractivity contribution in [2.24, 2.45) is 0 Å². The number of rotatable bonds is 11. The van der Waals surface area contributed by atoms with E-state index in [-0.39, 0.29) is 24.4 Å². The lowest BCUT2D eigenvalue weighted by atomic mass is 10.2. The van der Waals surface area contributed by atoms with Crippen LogP contribution in [0.15, 0.2) is 48.5 Å². The summed E-state index contributed by atoms with van der Waals surface area (Å²) in [5.41, 5.74) is 0.345. The molecule has 0 spiro atoms. The lowest BCUT2D eigenvalue weighted by Crippen LogP contribution is -2.32. The molecule has 0 heterocycles. The Balaban J connectivity index is 1.70. The molecular weight excluding hydrogens is 412 g/mol. The van der Waals surface area contributed by atoms with Gasteiger partial charge in [-0.15, -0.1) is 0 Å². The molecule has 0 aliphatic rings. The van der Waals surface area contributed by atoms with Crippen molar-refractivity contribution in [3.8, 4) is 11.5 Å². The van der Waals surface area contributed by atoms with E-state index in [0.717, 1.165) is 12.0 Å². The zero-order chi connectivity index (χ0) is 22.0. The molecule has 0 radical (unpaired) electrons. The Morgan fingerprint density at radius 3 is 2.30 bits per heavy atom. The van der Waals surface area contributed by atoms with Crippen molar-refractivity contribution in [2.75, 3.05) is 37.3 Å².